The van der Waals surface area contributed by atoms with Crippen molar-refractivity contribution in [1.82, 2.24) is 10.2 Å². The summed E-state index contributed by atoms with van der Waals surface area (Å²) >= 11 is 0. The Hall–Kier alpha value is -1.14. The number of amides is 2. The van der Waals surface area contributed by atoms with Gasteiger partial charge in [-0.2, -0.15) is 0 Å². The number of likely N-dealkylation sites (tertiary alicyclic amines) is 1. The largest absolute Gasteiger partial charge is 0.379 e. The Morgan fingerprint density at radius 2 is 1.86 bits per heavy atom. The van der Waals surface area contributed by atoms with Gasteiger partial charge in [0.1, 0.15) is 6.04 Å². The van der Waals surface area contributed by atoms with Crippen molar-refractivity contribution >= 4 is 11.8 Å². The average Bonchev–Trinajstić information content (AvgIpc) is 2.50. The molecule has 0 aromatic heterocycles. The van der Waals surface area contributed by atoms with Gasteiger partial charge in [-0.3, -0.25) is 9.59 Å². The molecule has 1 heterocycles. The topological polar surface area (TPSA) is 84.7 Å². The molecule has 0 bridgehead atoms. The Bertz CT molecular complexity index is 352. The molecule has 0 aromatic carbocycles. The van der Waals surface area contributed by atoms with Crippen molar-refractivity contribution < 1.29 is 14.3 Å². The molecule has 1 rings (SSSR count). The Morgan fingerprint density at radius 1 is 1.29 bits per heavy atom. The molecule has 1 saturated heterocycles. The summed E-state index contributed by atoms with van der Waals surface area (Å²) in [6, 6.07) is -0.626. The van der Waals surface area contributed by atoms with Crippen LogP contribution < -0.4 is 11.1 Å². The predicted molar refractivity (Wildman–Crippen MR) is 81.6 cm³/mol. The molecule has 6 heteroatoms. The molecule has 0 radical (unpaired) electrons. The molecule has 1 aliphatic rings. The van der Waals surface area contributed by atoms with E-state index in [1.54, 1.807) is 27.9 Å². The third-order valence-corrected chi connectivity index (χ3v) is 4.19. The summed E-state index contributed by atoms with van der Waals surface area (Å²) in [6.45, 7) is 7.48. The number of ether oxygens (including phenoxy) is 1. The van der Waals surface area contributed by atoms with Crippen LogP contribution in [0.25, 0.3) is 0 Å². The highest BCUT2D eigenvalue weighted by Gasteiger charge is 2.33. The summed E-state index contributed by atoms with van der Waals surface area (Å²) < 4.78 is 5.26. The first-order valence-corrected chi connectivity index (χ1v) is 7.72. The van der Waals surface area contributed by atoms with Crippen LogP contribution in [0.3, 0.4) is 0 Å². The van der Waals surface area contributed by atoms with E-state index in [1.807, 2.05) is 4.90 Å². The number of hydrogen-bond acceptors (Lipinski definition) is 4. The first kappa shape index (κ1) is 17.9. The third-order valence-electron chi connectivity index (χ3n) is 4.19. The van der Waals surface area contributed by atoms with Gasteiger partial charge in [0, 0.05) is 26.1 Å². The Kier molecular flexibility index (Phi) is 7.11. The Morgan fingerprint density at radius 3 is 2.29 bits per heavy atom. The van der Waals surface area contributed by atoms with Crippen molar-refractivity contribution in [2.24, 2.45) is 17.6 Å². The molecule has 21 heavy (non-hydrogen) atoms. The standard InChI is InChI=1S/C15H29N3O3/c1-10(2)14(19)17-13(11(3)21-4)15(20)18-7-5-12(9-16)6-8-18/h10-13H,5-9,16H2,1-4H3,(H,17,19). The van der Waals surface area contributed by atoms with Crippen LogP contribution in [0.15, 0.2) is 0 Å². The van der Waals surface area contributed by atoms with Gasteiger partial charge in [0.05, 0.1) is 6.10 Å². The lowest BCUT2D eigenvalue weighted by Gasteiger charge is -2.35. The molecule has 0 saturated carbocycles. The van der Waals surface area contributed by atoms with Gasteiger partial charge in [0.25, 0.3) is 0 Å². The van der Waals surface area contributed by atoms with Crippen molar-refractivity contribution in [3.05, 3.63) is 0 Å². The zero-order chi connectivity index (χ0) is 16.0. The molecule has 0 aliphatic carbocycles. The predicted octanol–water partition coefficient (Wildman–Crippen LogP) is 0.359. The fraction of sp³-hybridized carbons (Fsp3) is 0.867. The number of rotatable bonds is 6. The van der Waals surface area contributed by atoms with Gasteiger partial charge in [-0.25, -0.2) is 0 Å². The van der Waals surface area contributed by atoms with E-state index in [0.29, 0.717) is 25.6 Å². The molecule has 122 valence electrons. The fourth-order valence-corrected chi connectivity index (χ4v) is 2.42. The molecule has 2 atom stereocenters. The third kappa shape index (κ3) is 4.97. The zero-order valence-corrected chi connectivity index (χ0v) is 13.6. The zero-order valence-electron chi connectivity index (χ0n) is 13.6. The molecule has 0 spiro atoms. The van der Waals surface area contributed by atoms with Crippen molar-refractivity contribution in [1.29, 1.82) is 0 Å². The molecule has 2 unspecified atom stereocenters. The summed E-state index contributed by atoms with van der Waals surface area (Å²) in [7, 11) is 1.55. The van der Waals surface area contributed by atoms with Gasteiger partial charge in [-0.1, -0.05) is 13.8 Å². The number of piperidine rings is 1. The number of methoxy groups -OCH3 is 1. The number of carbonyl (C=O) groups is 2. The Labute approximate surface area is 127 Å². The second kappa shape index (κ2) is 8.34. The van der Waals surface area contributed by atoms with Crippen LogP contribution >= 0.6 is 0 Å². The maximum Gasteiger partial charge on any atom is 0.247 e. The molecule has 0 aromatic rings. The fourth-order valence-electron chi connectivity index (χ4n) is 2.42. The maximum atomic E-state index is 12.7. The van der Waals surface area contributed by atoms with Gasteiger partial charge in [0.2, 0.25) is 11.8 Å². The second-order valence-electron chi connectivity index (χ2n) is 6.09. The SMILES string of the molecule is COC(C)C(NC(=O)C(C)C)C(=O)N1CCC(CN)CC1. The number of hydrogen-bond donors (Lipinski definition) is 2. The molecule has 2 amide bonds. The average molecular weight is 299 g/mol. The van der Waals surface area contributed by atoms with Crippen LogP contribution in [0, 0.1) is 11.8 Å². The van der Waals surface area contributed by atoms with E-state index >= 15 is 0 Å². The summed E-state index contributed by atoms with van der Waals surface area (Å²) in [5.74, 6) is 0.146. The molecule has 6 nitrogen and oxygen atoms in total. The minimum absolute atomic E-state index is 0.0613. The van der Waals surface area contributed by atoms with E-state index in [4.69, 9.17) is 10.5 Å². The lowest BCUT2D eigenvalue weighted by molar-refractivity contribution is -0.141. The van der Waals surface area contributed by atoms with Gasteiger partial charge < -0.3 is 20.7 Å². The van der Waals surface area contributed by atoms with Crippen molar-refractivity contribution in [2.45, 2.75) is 45.8 Å². The van der Waals surface area contributed by atoms with Crippen molar-refractivity contribution in [3.63, 3.8) is 0 Å². The maximum absolute atomic E-state index is 12.7. The van der Waals surface area contributed by atoms with E-state index in [0.717, 1.165) is 12.8 Å². The quantitative estimate of drug-likeness (QED) is 0.741. The summed E-state index contributed by atoms with van der Waals surface area (Å²) in [5, 5.41) is 2.81. The van der Waals surface area contributed by atoms with E-state index in [2.05, 4.69) is 5.32 Å². The number of nitrogens with two attached hydrogens (primary N) is 1. The van der Waals surface area contributed by atoms with Gasteiger partial charge in [-0.05, 0) is 32.2 Å². The van der Waals surface area contributed by atoms with Crippen molar-refractivity contribution in [3.8, 4) is 0 Å². The lowest BCUT2D eigenvalue weighted by Crippen LogP contribution is -2.56. The van der Waals surface area contributed by atoms with Crippen LogP contribution in [0.5, 0.6) is 0 Å². The van der Waals surface area contributed by atoms with Crippen LogP contribution in [-0.4, -0.2) is 55.6 Å². The van der Waals surface area contributed by atoms with E-state index in [-0.39, 0.29) is 23.8 Å². The monoisotopic (exact) mass is 299 g/mol. The molecule has 1 fully saturated rings. The van der Waals surface area contributed by atoms with Crippen LogP contribution in [0.2, 0.25) is 0 Å². The second-order valence-corrected chi connectivity index (χ2v) is 6.09. The Balaban J connectivity index is 2.69. The molecule has 3 N–H and O–H groups in total. The first-order chi connectivity index (χ1) is 9.90. The number of nitrogens with one attached hydrogen (secondary N) is 1. The van der Waals surface area contributed by atoms with Crippen LogP contribution in [-0.2, 0) is 14.3 Å². The summed E-state index contributed by atoms with van der Waals surface area (Å²) in [5.41, 5.74) is 5.67. The van der Waals surface area contributed by atoms with Gasteiger partial charge in [0.15, 0.2) is 0 Å². The van der Waals surface area contributed by atoms with Crippen LogP contribution in [0.1, 0.15) is 33.6 Å². The van der Waals surface area contributed by atoms with Crippen LogP contribution in [0.4, 0.5) is 0 Å². The molecule has 1 aliphatic heterocycles. The van der Waals surface area contributed by atoms with Gasteiger partial charge in [-0.15, -0.1) is 0 Å². The van der Waals surface area contributed by atoms with E-state index in [9.17, 15) is 9.59 Å². The summed E-state index contributed by atoms with van der Waals surface area (Å²) in [4.78, 5) is 26.4. The van der Waals surface area contributed by atoms with Gasteiger partial charge >= 0.3 is 0 Å². The smallest absolute Gasteiger partial charge is 0.247 e. The van der Waals surface area contributed by atoms with Crippen molar-refractivity contribution in [2.75, 3.05) is 26.7 Å². The number of nitrogens with zero attached hydrogens (tertiary/aromatic N) is 1. The van der Waals surface area contributed by atoms with E-state index in [1.165, 1.54) is 0 Å². The van der Waals surface area contributed by atoms with E-state index < -0.39 is 6.04 Å². The molecular weight excluding hydrogens is 270 g/mol. The minimum atomic E-state index is -0.626. The highest BCUT2D eigenvalue weighted by molar-refractivity contribution is 5.88. The first-order valence-electron chi connectivity index (χ1n) is 7.72. The molecular formula is C15H29N3O3. The normalized spacial score (nSPS) is 19.4. The lowest BCUT2D eigenvalue weighted by atomic mass is 9.96. The minimum Gasteiger partial charge on any atom is -0.379 e. The highest BCUT2D eigenvalue weighted by atomic mass is 16.5. The highest BCUT2D eigenvalue weighted by Crippen LogP contribution is 2.17. The summed E-state index contributed by atoms with van der Waals surface area (Å²) in [6.07, 6.45) is 1.50. The number of carbonyl (C=O) groups excluding carboxylic acids is 2.